The molecule has 2 rings (SSSR count). The number of rotatable bonds is 4. The zero-order chi connectivity index (χ0) is 17.9. The number of hydrogen-bond acceptors (Lipinski definition) is 3. The third-order valence-electron chi connectivity index (χ3n) is 3.78. The summed E-state index contributed by atoms with van der Waals surface area (Å²) >= 11 is 18.6. The van der Waals surface area contributed by atoms with Gasteiger partial charge in [0, 0.05) is 0 Å². The van der Waals surface area contributed by atoms with Crippen LogP contribution >= 0.6 is 34.8 Å². The van der Waals surface area contributed by atoms with Gasteiger partial charge in [-0.15, -0.1) is 0 Å². The molecule has 24 heavy (non-hydrogen) atoms. The molecule has 3 nitrogen and oxygen atoms in total. The second-order valence-corrected chi connectivity index (χ2v) is 6.33. The number of halogens is 3. The van der Waals surface area contributed by atoms with Crippen LogP contribution in [0.3, 0.4) is 0 Å². The van der Waals surface area contributed by atoms with E-state index in [9.17, 15) is 5.26 Å². The number of benzene rings is 2. The van der Waals surface area contributed by atoms with Crippen LogP contribution in [0, 0.1) is 22.7 Å². The fourth-order valence-electron chi connectivity index (χ4n) is 2.25. The molecule has 0 amide bonds. The van der Waals surface area contributed by atoms with Crippen LogP contribution in [0.25, 0.3) is 0 Å². The maximum absolute atomic E-state index is 9.27. The highest BCUT2D eigenvalue weighted by Crippen LogP contribution is 2.46. The first kappa shape index (κ1) is 18.4. The Balaban J connectivity index is 2.63. The van der Waals surface area contributed by atoms with Crippen LogP contribution in [0.15, 0.2) is 24.3 Å². The number of para-hydroxylation sites is 1. The molecule has 1 atom stereocenters. The standard InChI is InChI=1S/C18H13Cl3N2O/c1-3-10(2)11-6-4-5-7-14(11)24-18-16(20)13(9-23)12(8-22)15(19)17(18)21/h4-7,10H,3H2,1-2H3. The molecule has 122 valence electrons. The normalized spacial score (nSPS) is 11.5. The van der Waals surface area contributed by atoms with Crippen LogP contribution in [0.2, 0.25) is 15.1 Å². The maximum Gasteiger partial charge on any atom is 0.167 e. The summed E-state index contributed by atoms with van der Waals surface area (Å²) in [6, 6.07) is 11.2. The van der Waals surface area contributed by atoms with E-state index in [-0.39, 0.29) is 37.9 Å². The lowest BCUT2D eigenvalue weighted by Gasteiger charge is -2.18. The van der Waals surface area contributed by atoms with Gasteiger partial charge in [-0.2, -0.15) is 10.5 Å². The van der Waals surface area contributed by atoms with E-state index in [1.807, 2.05) is 30.3 Å². The highest BCUT2D eigenvalue weighted by molar-refractivity contribution is 6.46. The summed E-state index contributed by atoms with van der Waals surface area (Å²) in [6.45, 7) is 4.16. The van der Waals surface area contributed by atoms with E-state index < -0.39 is 0 Å². The van der Waals surface area contributed by atoms with Crippen LogP contribution in [-0.4, -0.2) is 0 Å². The Bertz CT molecular complexity index is 866. The number of nitriles is 2. The van der Waals surface area contributed by atoms with Gasteiger partial charge in [0.2, 0.25) is 0 Å². The van der Waals surface area contributed by atoms with Gasteiger partial charge in [0.1, 0.15) is 27.9 Å². The molecule has 0 aliphatic rings. The molecule has 0 radical (unpaired) electrons. The number of ether oxygens (including phenoxy) is 1. The Kier molecular flexibility index (Phi) is 5.97. The van der Waals surface area contributed by atoms with Crippen LogP contribution < -0.4 is 4.74 Å². The summed E-state index contributed by atoms with van der Waals surface area (Å²) < 4.78 is 5.91. The van der Waals surface area contributed by atoms with Crippen molar-refractivity contribution in [3.63, 3.8) is 0 Å². The Morgan fingerprint density at radius 3 is 2.17 bits per heavy atom. The molecule has 0 heterocycles. The average molecular weight is 380 g/mol. The minimum atomic E-state index is -0.0586. The zero-order valence-electron chi connectivity index (χ0n) is 13.0. The molecule has 0 saturated carbocycles. The third kappa shape index (κ3) is 3.30. The molecule has 0 N–H and O–H groups in total. The lowest BCUT2D eigenvalue weighted by Crippen LogP contribution is -1.99. The van der Waals surface area contributed by atoms with Crippen molar-refractivity contribution >= 4 is 34.8 Å². The summed E-state index contributed by atoms with van der Waals surface area (Å²) in [5, 5.41) is 18.4. The van der Waals surface area contributed by atoms with Crippen LogP contribution in [-0.2, 0) is 0 Å². The molecular weight excluding hydrogens is 367 g/mol. The fraction of sp³-hybridized carbons (Fsp3) is 0.222. The summed E-state index contributed by atoms with van der Waals surface area (Å²) in [6.07, 6.45) is 0.930. The van der Waals surface area contributed by atoms with E-state index in [0.29, 0.717) is 5.75 Å². The van der Waals surface area contributed by atoms with Gasteiger partial charge in [0.25, 0.3) is 0 Å². The van der Waals surface area contributed by atoms with Gasteiger partial charge in [-0.1, -0.05) is 66.8 Å². The molecule has 0 aromatic heterocycles. The summed E-state index contributed by atoms with van der Waals surface area (Å²) in [7, 11) is 0. The largest absolute Gasteiger partial charge is 0.454 e. The average Bonchev–Trinajstić information content (AvgIpc) is 2.61. The molecule has 0 aliphatic carbocycles. The summed E-state index contributed by atoms with van der Waals surface area (Å²) in [4.78, 5) is 0. The summed E-state index contributed by atoms with van der Waals surface area (Å²) in [5.41, 5.74) is 0.882. The van der Waals surface area contributed by atoms with E-state index in [4.69, 9.17) is 44.8 Å². The Morgan fingerprint density at radius 1 is 1.00 bits per heavy atom. The minimum Gasteiger partial charge on any atom is -0.454 e. The predicted molar refractivity (Wildman–Crippen MR) is 96.1 cm³/mol. The molecule has 0 bridgehead atoms. The molecule has 0 fully saturated rings. The fourth-order valence-corrected chi connectivity index (χ4v) is 3.02. The Labute approximate surface area is 155 Å². The number of hydrogen-bond donors (Lipinski definition) is 0. The second kappa shape index (κ2) is 7.77. The quantitative estimate of drug-likeness (QED) is 0.555. The van der Waals surface area contributed by atoms with Crippen LogP contribution in [0.1, 0.15) is 42.9 Å². The molecule has 6 heteroatoms. The zero-order valence-corrected chi connectivity index (χ0v) is 15.3. The van der Waals surface area contributed by atoms with Crippen molar-refractivity contribution in [2.24, 2.45) is 0 Å². The van der Waals surface area contributed by atoms with Crippen LogP contribution in [0.4, 0.5) is 0 Å². The van der Waals surface area contributed by atoms with Crippen LogP contribution in [0.5, 0.6) is 11.5 Å². The maximum atomic E-state index is 9.27. The van der Waals surface area contributed by atoms with Crippen molar-refractivity contribution in [1.29, 1.82) is 10.5 Å². The molecule has 0 spiro atoms. The van der Waals surface area contributed by atoms with Crippen molar-refractivity contribution in [2.75, 3.05) is 0 Å². The van der Waals surface area contributed by atoms with Gasteiger partial charge in [0.15, 0.2) is 5.75 Å². The van der Waals surface area contributed by atoms with Gasteiger partial charge < -0.3 is 4.74 Å². The molecule has 0 aliphatic heterocycles. The topological polar surface area (TPSA) is 56.8 Å². The van der Waals surface area contributed by atoms with Gasteiger partial charge in [-0.05, 0) is 24.0 Å². The van der Waals surface area contributed by atoms with E-state index in [0.717, 1.165) is 12.0 Å². The highest BCUT2D eigenvalue weighted by Gasteiger charge is 2.24. The smallest absolute Gasteiger partial charge is 0.167 e. The SMILES string of the molecule is CCC(C)c1ccccc1Oc1c(Cl)c(Cl)c(C#N)c(C#N)c1Cl. The first-order valence-electron chi connectivity index (χ1n) is 7.23. The lowest BCUT2D eigenvalue weighted by atomic mass is 9.98. The monoisotopic (exact) mass is 378 g/mol. The van der Waals surface area contributed by atoms with Crippen molar-refractivity contribution in [2.45, 2.75) is 26.2 Å². The molecule has 2 aromatic rings. The highest BCUT2D eigenvalue weighted by atomic mass is 35.5. The first-order valence-corrected chi connectivity index (χ1v) is 8.37. The second-order valence-electron chi connectivity index (χ2n) is 5.19. The Hall–Kier alpha value is -1.91. The van der Waals surface area contributed by atoms with Gasteiger partial charge in [-0.25, -0.2) is 0 Å². The third-order valence-corrected chi connectivity index (χ3v) is 4.97. The molecular formula is C18H13Cl3N2O. The van der Waals surface area contributed by atoms with Gasteiger partial charge in [0.05, 0.1) is 16.1 Å². The van der Waals surface area contributed by atoms with E-state index in [1.165, 1.54) is 0 Å². The van der Waals surface area contributed by atoms with E-state index >= 15 is 0 Å². The van der Waals surface area contributed by atoms with Crippen molar-refractivity contribution in [1.82, 2.24) is 0 Å². The molecule has 2 aromatic carbocycles. The van der Waals surface area contributed by atoms with E-state index in [1.54, 1.807) is 6.07 Å². The van der Waals surface area contributed by atoms with Crippen molar-refractivity contribution in [3.8, 4) is 23.6 Å². The first-order chi connectivity index (χ1) is 11.5. The summed E-state index contributed by atoms with van der Waals surface area (Å²) in [5.74, 6) is 0.929. The molecule has 1 unspecified atom stereocenters. The van der Waals surface area contributed by atoms with Gasteiger partial charge >= 0.3 is 0 Å². The predicted octanol–water partition coefficient (Wildman–Crippen LogP) is 6.70. The van der Waals surface area contributed by atoms with Gasteiger partial charge in [-0.3, -0.25) is 0 Å². The molecule has 0 saturated heterocycles. The Morgan fingerprint density at radius 2 is 1.58 bits per heavy atom. The lowest BCUT2D eigenvalue weighted by molar-refractivity contribution is 0.470. The van der Waals surface area contributed by atoms with E-state index in [2.05, 4.69) is 13.8 Å². The van der Waals surface area contributed by atoms with Crippen molar-refractivity contribution in [3.05, 3.63) is 56.0 Å². The van der Waals surface area contributed by atoms with Crippen molar-refractivity contribution < 1.29 is 4.74 Å². The number of nitrogens with zero attached hydrogens (tertiary/aromatic N) is 2. The minimum absolute atomic E-state index is 0.0103.